The van der Waals surface area contributed by atoms with Gasteiger partial charge in [0.05, 0.1) is 16.6 Å². The van der Waals surface area contributed by atoms with Gasteiger partial charge in [0.1, 0.15) is 6.61 Å². The van der Waals surface area contributed by atoms with E-state index in [1.54, 1.807) is 29.2 Å². The Morgan fingerprint density at radius 3 is 2.41 bits per heavy atom. The summed E-state index contributed by atoms with van der Waals surface area (Å²) in [5, 5.41) is 0.349. The molecular formula is C24H20ClNO3. The third kappa shape index (κ3) is 4.17. The lowest BCUT2D eigenvalue weighted by Gasteiger charge is -2.27. The first-order valence-electron chi connectivity index (χ1n) is 9.48. The summed E-state index contributed by atoms with van der Waals surface area (Å²) in [7, 11) is 0. The molecule has 0 unspecified atom stereocenters. The van der Waals surface area contributed by atoms with Gasteiger partial charge in [-0.15, -0.1) is 0 Å². The number of halogens is 1. The molecule has 0 aromatic heterocycles. The van der Waals surface area contributed by atoms with Gasteiger partial charge in [-0.1, -0.05) is 72.3 Å². The Hall–Kier alpha value is -3.11. The molecule has 3 aromatic carbocycles. The molecule has 1 aliphatic rings. The van der Waals surface area contributed by atoms with E-state index in [2.05, 4.69) is 0 Å². The van der Waals surface area contributed by atoms with Gasteiger partial charge in [-0.25, -0.2) is 4.79 Å². The maximum Gasteiger partial charge on any atom is 0.339 e. The molecule has 1 amide bonds. The molecule has 1 atom stereocenters. The highest BCUT2D eigenvalue weighted by atomic mass is 35.5. The molecule has 146 valence electrons. The highest BCUT2D eigenvalue weighted by Gasteiger charge is 2.33. The van der Waals surface area contributed by atoms with Crippen molar-refractivity contribution in [1.82, 2.24) is 4.90 Å². The zero-order valence-electron chi connectivity index (χ0n) is 15.8. The molecule has 4 rings (SSSR count). The average molecular weight is 406 g/mol. The number of benzene rings is 3. The minimum absolute atomic E-state index is 0.0321. The van der Waals surface area contributed by atoms with Crippen LogP contribution in [-0.4, -0.2) is 29.4 Å². The van der Waals surface area contributed by atoms with E-state index in [1.165, 1.54) is 0 Å². The molecule has 0 fully saturated rings. The molecule has 1 heterocycles. The Bertz CT molecular complexity index is 1040. The van der Waals surface area contributed by atoms with Gasteiger partial charge in [-0.3, -0.25) is 4.79 Å². The fraction of sp³-hybridized carbons (Fsp3) is 0.167. The summed E-state index contributed by atoms with van der Waals surface area (Å²) < 4.78 is 5.59. The second-order valence-electron chi connectivity index (χ2n) is 7.01. The molecule has 3 aromatic rings. The number of hydrogen-bond acceptors (Lipinski definition) is 3. The van der Waals surface area contributed by atoms with Crippen LogP contribution in [0.5, 0.6) is 0 Å². The monoisotopic (exact) mass is 405 g/mol. The molecule has 4 nitrogen and oxygen atoms in total. The van der Waals surface area contributed by atoms with Gasteiger partial charge in [-0.2, -0.15) is 0 Å². The summed E-state index contributed by atoms with van der Waals surface area (Å²) in [4.78, 5) is 27.3. The smallest absolute Gasteiger partial charge is 0.339 e. The van der Waals surface area contributed by atoms with E-state index < -0.39 is 5.97 Å². The Morgan fingerprint density at radius 2 is 1.66 bits per heavy atom. The molecule has 5 heteroatoms. The number of hydrogen-bond donors (Lipinski definition) is 0. The highest BCUT2D eigenvalue weighted by Crippen LogP contribution is 2.26. The molecule has 1 aliphatic heterocycles. The van der Waals surface area contributed by atoms with Crippen LogP contribution in [0.15, 0.2) is 78.9 Å². The van der Waals surface area contributed by atoms with Gasteiger partial charge in [0.25, 0.3) is 5.91 Å². The van der Waals surface area contributed by atoms with Crippen molar-refractivity contribution in [1.29, 1.82) is 0 Å². The van der Waals surface area contributed by atoms with Gasteiger partial charge in [0, 0.05) is 12.1 Å². The van der Waals surface area contributed by atoms with Crippen LogP contribution in [0.4, 0.5) is 0 Å². The summed E-state index contributed by atoms with van der Waals surface area (Å²) >= 11 is 6.11. The van der Waals surface area contributed by atoms with Crippen molar-refractivity contribution in [3.63, 3.8) is 0 Å². The van der Waals surface area contributed by atoms with Crippen LogP contribution < -0.4 is 0 Å². The molecule has 0 radical (unpaired) electrons. The average Bonchev–Trinajstić information content (AvgIpc) is 3.09. The summed E-state index contributed by atoms with van der Waals surface area (Å²) in [5.74, 6) is -0.520. The van der Waals surface area contributed by atoms with E-state index in [0.29, 0.717) is 29.1 Å². The third-order valence-electron chi connectivity index (χ3n) is 5.10. The SMILES string of the molecule is O=C(OC[C@@H](Cc1ccccc1)N1Cc2ccccc2C1=O)c1ccccc1Cl. The number of carbonyl (C=O) groups excluding carboxylic acids is 2. The second-order valence-corrected chi connectivity index (χ2v) is 7.42. The van der Waals surface area contributed by atoms with Crippen molar-refractivity contribution in [3.05, 3.63) is 106 Å². The lowest BCUT2D eigenvalue weighted by atomic mass is 10.1. The molecule has 29 heavy (non-hydrogen) atoms. The highest BCUT2D eigenvalue weighted by molar-refractivity contribution is 6.33. The maximum absolute atomic E-state index is 13.0. The van der Waals surface area contributed by atoms with E-state index in [4.69, 9.17) is 16.3 Å². The van der Waals surface area contributed by atoms with Gasteiger partial charge < -0.3 is 9.64 Å². The van der Waals surface area contributed by atoms with Crippen LogP contribution in [0.25, 0.3) is 0 Å². The number of rotatable bonds is 6. The van der Waals surface area contributed by atoms with Gasteiger partial charge in [-0.05, 0) is 35.7 Å². The Balaban J connectivity index is 1.54. The normalized spacial score (nSPS) is 13.8. The number of ether oxygens (including phenoxy) is 1. The summed E-state index contributed by atoms with van der Waals surface area (Å²) in [6.07, 6.45) is 0.594. The maximum atomic E-state index is 13.0. The van der Waals surface area contributed by atoms with Crippen LogP contribution in [0.2, 0.25) is 5.02 Å². The topological polar surface area (TPSA) is 46.6 Å². The number of amides is 1. The minimum atomic E-state index is -0.488. The molecule has 0 saturated heterocycles. The van der Waals surface area contributed by atoms with Crippen LogP contribution in [0.1, 0.15) is 31.8 Å². The molecule has 0 N–H and O–H groups in total. The lowest BCUT2D eigenvalue weighted by molar-refractivity contribution is 0.0322. The van der Waals surface area contributed by atoms with E-state index >= 15 is 0 Å². The molecule has 0 bridgehead atoms. The fourth-order valence-electron chi connectivity index (χ4n) is 3.59. The van der Waals surface area contributed by atoms with E-state index in [1.807, 2.05) is 54.6 Å². The zero-order chi connectivity index (χ0) is 20.2. The molecular weight excluding hydrogens is 386 g/mol. The largest absolute Gasteiger partial charge is 0.460 e. The minimum Gasteiger partial charge on any atom is -0.460 e. The summed E-state index contributed by atoms with van der Waals surface area (Å²) in [6, 6.07) is 24.0. The quantitative estimate of drug-likeness (QED) is 0.555. The molecule has 0 spiro atoms. The van der Waals surface area contributed by atoms with E-state index in [9.17, 15) is 9.59 Å². The first-order chi connectivity index (χ1) is 14.1. The van der Waals surface area contributed by atoms with Crippen molar-refractivity contribution in [2.24, 2.45) is 0 Å². The van der Waals surface area contributed by atoms with Crippen LogP contribution in [0.3, 0.4) is 0 Å². The predicted octanol–water partition coefficient (Wildman–Crippen LogP) is 4.76. The van der Waals surface area contributed by atoms with Gasteiger partial charge in [0.15, 0.2) is 0 Å². The summed E-state index contributed by atoms with van der Waals surface area (Å²) in [5.41, 5.74) is 3.11. The second kappa shape index (κ2) is 8.50. The fourth-order valence-corrected chi connectivity index (χ4v) is 3.81. The van der Waals surface area contributed by atoms with Crippen molar-refractivity contribution in [2.75, 3.05) is 6.61 Å². The zero-order valence-corrected chi connectivity index (χ0v) is 16.5. The number of esters is 1. The number of fused-ring (bicyclic) bond motifs is 1. The van der Waals surface area contributed by atoms with E-state index in [-0.39, 0.29) is 18.6 Å². The standard InChI is InChI=1S/C24H20ClNO3/c25-22-13-7-6-12-21(22)24(28)29-16-19(14-17-8-2-1-3-9-17)26-15-18-10-4-5-11-20(18)23(26)27/h1-13,19H,14-16H2/t19-/m1/s1. The van der Waals surface area contributed by atoms with Crippen molar-refractivity contribution >= 4 is 23.5 Å². The summed E-state index contributed by atoms with van der Waals surface area (Å²) in [6.45, 7) is 0.606. The molecule has 0 aliphatic carbocycles. The first-order valence-corrected chi connectivity index (χ1v) is 9.86. The number of nitrogens with zero attached hydrogens (tertiary/aromatic N) is 1. The third-order valence-corrected chi connectivity index (χ3v) is 5.43. The molecule has 0 saturated carbocycles. The van der Waals surface area contributed by atoms with Gasteiger partial charge in [0.2, 0.25) is 0 Å². The number of carbonyl (C=O) groups is 2. The Kier molecular flexibility index (Phi) is 5.63. The van der Waals surface area contributed by atoms with Crippen molar-refractivity contribution < 1.29 is 14.3 Å². The van der Waals surface area contributed by atoms with Crippen LogP contribution in [-0.2, 0) is 17.7 Å². The Labute approximate surface area is 174 Å². The predicted molar refractivity (Wildman–Crippen MR) is 112 cm³/mol. The first kappa shape index (κ1) is 19.2. The Morgan fingerprint density at radius 1 is 0.966 bits per heavy atom. The lowest BCUT2D eigenvalue weighted by Crippen LogP contribution is -2.41. The van der Waals surface area contributed by atoms with Crippen LogP contribution >= 0.6 is 11.6 Å². The van der Waals surface area contributed by atoms with Crippen molar-refractivity contribution in [3.8, 4) is 0 Å². The van der Waals surface area contributed by atoms with Crippen molar-refractivity contribution in [2.45, 2.75) is 19.0 Å². The van der Waals surface area contributed by atoms with Crippen LogP contribution in [0, 0.1) is 0 Å². The van der Waals surface area contributed by atoms with Gasteiger partial charge >= 0.3 is 5.97 Å². The van der Waals surface area contributed by atoms with E-state index in [0.717, 1.165) is 11.1 Å².